The number of fused-ring (bicyclic) bond motifs is 1. The number of carbonyl (C=O) groups excluding carboxylic acids is 2. The smallest absolute Gasteiger partial charge is 0.349 e. The molecule has 2 aliphatic carbocycles. The Hall–Kier alpha value is -3.23. The first-order valence-corrected chi connectivity index (χ1v) is 12.4. The third kappa shape index (κ3) is 4.92. The molecule has 3 N–H and O–H groups in total. The molecule has 6 rings (SSSR count). The summed E-state index contributed by atoms with van der Waals surface area (Å²) < 4.78 is 69.6. The van der Waals surface area contributed by atoms with E-state index in [4.69, 9.17) is 11.6 Å². The molecule has 40 heavy (non-hydrogen) atoms. The Morgan fingerprint density at radius 1 is 1.18 bits per heavy atom. The number of halogens is 7. The van der Waals surface area contributed by atoms with E-state index in [0.29, 0.717) is 16.5 Å². The Kier molecular flexibility index (Phi) is 6.86. The van der Waals surface area contributed by atoms with Crippen molar-refractivity contribution in [2.24, 2.45) is 18.9 Å². The lowest BCUT2D eigenvalue weighted by Gasteiger charge is -2.11. The number of piperidine rings is 1. The molecule has 1 aromatic carbocycles. The summed E-state index contributed by atoms with van der Waals surface area (Å²) in [6, 6.07) is 2.97. The highest BCUT2D eigenvalue weighted by molar-refractivity contribution is 6.34. The van der Waals surface area contributed by atoms with E-state index in [1.807, 2.05) is 0 Å². The fourth-order valence-corrected chi connectivity index (χ4v) is 5.40. The molecule has 3 heterocycles. The largest absolute Gasteiger partial charge is 0.435 e. The minimum Gasteiger partial charge on any atom is -0.349 e. The summed E-state index contributed by atoms with van der Waals surface area (Å²) in [4.78, 5) is 29.5. The van der Waals surface area contributed by atoms with Crippen LogP contribution in [0, 0.1) is 11.8 Å². The van der Waals surface area contributed by atoms with Crippen LogP contribution in [-0.2, 0) is 13.2 Å². The highest BCUT2D eigenvalue weighted by Crippen LogP contribution is 2.53. The number of hydrogen-bond acceptors (Lipinski definition) is 5. The van der Waals surface area contributed by atoms with Crippen LogP contribution < -0.4 is 16.0 Å². The molecule has 2 saturated carbocycles. The average molecular weight is 606 g/mol. The van der Waals surface area contributed by atoms with Crippen LogP contribution in [0.15, 0.2) is 30.6 Å². The Bertz CT molecular complexity index is 1500. The van der Waals surface area contributed by atoms with E-state index in [2.05, 4.69) is 26.0 Å². The van der Waals surface area contributed by atoms with E-state index >= 15 is 0 Å². The van der Waals surface area contributed by atoms with Crippen LogP contribution in [0.4, 0.5) is 27.6 Å². The van der Waals surface area contributed by atoms with E-state index in [0.717, 1.165) is 30.1 Å². The van der Waals surface area contributed by atoms with Crippen LogP contribution in [0.2, 0.25) is 5.02 Å². The molecule has 2 amide bonds. The number of hydrogen-bond donors (Lipinski definition) is 3. The van der Waals surface area contributed by atoms with E-state index in [1.54, 1.807) is 0 Å². The van der Waals surface area contributed by atoms with Crippen LogP contribution >= 0.6 is 24.0 Å². The Morgan fingerprint density at radius 2 is 1.85 bits per heavy atom. The molecule has 0 radical (unpaired) electrons. The summed E-state index contributed by atoms with van der Waals surface area (Å²) in [6.07, 6.45) is -3.59. The predicted molar refractivity (Wildman–Crippen MR) is 136 cm³/mol. The Labute approximate surface area is 234 Å². The van der Waals surface area contributed by atoms with Crippen molar-refractivity contribution < 1.29 is 31.5 Å². The number of anilines is 1. The number of carbonyl (C=O) groups is 2. The van der Waals surface area contributed by atoms with Gasteiger partial charge in [-0.3, -0.25) is 14.3 Å². The zero-order valence-electron chi connectivity index (χ0n) is 20.6. The summed E-state index contributed by atoms with van der Waals surface area (Å²) in [7, 11) is 1.32. The molecule has 0 bridgehead atoms. The summed E-state index contributed by atoms with van der Waals surface area (Å²) in [5, 5.41) is 12.2. The van der Waals surface area contributed by atoms with Gasteiger partial charge in [0, 0.05) is 44.5 Å². The van der Waals surface area contributed by atoms with Gasteiger partial charge in [-0.2, -0.15) is 18.3 Å². The predicted octanol–water partition coefficient (Wildman–Crippen LogP) is 4.16. The maximum Gasteiger partial charge on any atom is 0.435 e. The van der Waals surface area contributed by atoms with Crippen LogP contribution in [0.3, 0.4) is 0 Å². The van der Waals surface area contributed by atoms with Crippen molar-refractivity contribution in [2.75, 3.05) is 18.4 Å². The number of nitrogens with zero attached hydrogens (tertiary/aromatic N) is 4. The summed E-state index contributed by atoms with van der Waals surface area (Å²) in [5.41, 5.74) is -1.49. The summed E-state index contributed by atoms with van der Waals surface area (Å²) >= 11 is 6.29. The van der Waals surface area contributed by atoms with Crippen molar-refractivity contribution in [3.63, 3.8) is 0 Å². The number of benzene rings is 1. The van der Waals surface area contributed by atoms with Crippen molar-refractivity contribution in [2.45, 2.75) is 30.6 Å². The van der Waals surface area contributed by atoms with Gasteiger partial charge >= 0.3 is 6.18 Å². The molecular formula is C24H22Cl2F5N7O2. The number of aromatic nitrogens is 4. The fourth-order valence-electron chi connectivity index (χ4n) is 5.13. The van der Waals surface area contributed by atoms with E-state index in [9.17, 15) is 31.5 Å². The van der Waals surface area contributed by atoms with Crippen LogP contribution in [-0.4, -0.2) is 56.2 Å². The number of amides is 2. The van der Waals surface area contributed by atoms with Gasteiger partial charge in [-0.25, -0.2) is 13.8 Å². The second-order valence-corrected chi connectivity index (χ2v) is 10.4. The lowest BCUT2D eigenvalue weighted by atomic mass is 10.2. The van der Waals surface area contributed by atoms with Gasteiger partial charge in [0.2, 0.25) is 0 Å². The first-order chi connectivity index (χ1) is 18.3. The average Bonchev–Trinajstić information content (AvgIpc) is 3.38. The van der Waals surface area contributed by atoms with Gasteiger partial charge in [0.15, 0.2) is 11.5 Å². The number of alkyl halides is 5. The Morgan fingerprint density at radius 3 is 2.45 bits per heavy atom. The van der Waals surface area contributed by atoms with Crippen LogP contribution in [0.25, 0.3) is 11.3 Å². The molecule has 0 spiro atoms. The van der Waals surface area contributed by atoms with Crippen LogP contribution in [0.5, 0.6) is 0 Å². The maximum atomic E-state index is 13.7. The van der Waals surface area contributed by atoms with Gasteiger partial charge in [-0.15, -0.1) is 12.4 Å². The van der Waals surface area contributed by atoms with E-state index in [-0.39, 0.29) is 52.1 Å². The third-order valence-corrected chi connectivity index (χ3v) is 7.75. The van der Waals surface area contributed by atoms with Gasteiger partial charge in [-0.1, -0.05) is 11.6 Å². The van der Waals surface area contributed by atoms with Gasteiger partial charge < -0.3 is 20.5 Å². The molecule has 1 aliphatic heterocycles. The standard InChI is InChI=1S/C24H21ClF5N7O2.ClH/c1-36-16(14-9-37(17-5-23(17,26)27)35-19(14)24(28,29)30)8-32-20(36)22(39)33-10-2-3-11(15(25)4-10)21(38)34-18-12-6-31-7-13(12)18;/h2-4,8-9,12-13,17-18,31H,5-7H2,1H3,(H,33,39)(H,34,38);1H/t12-,13+,17-,18-;/m1./s1. The molecular weight excluding hydrogens is 584 g/mol. The summed E-state index contributed by atoms with van der Waals surface area (Å²) in [6.45, 7) is 1.72. The number of nitrogens with one attached hydrogen (secondary N) is 3. The van der Waals surface area contributed by atoms with Crippen molar-refractivity contribution >= 4 is 41.5 Å². The molecule has 4 atom stereocenters. The molecule has 214 valence electrons. The first kappa shape index (κ1) is 28.3. The molecule has 2 aromatic heterocycles. The van der Waals surface area contributed by atoms with Crippen LogP contribution in [0.1, 0.15) is 39.1 Å². The molecule has 3 aliphatic rings. The number of rotatable bonds is 6. The zero-order chi connectivity index (χ0) is 27.9. The topological polar surface area (TPSA) is 106 Å². The van der Waals surface area contributed by atoms with E-state index in [1.165, 1.54) is 25.2 Å². The maximum absolute atomic E-state index is 13.7. The minimum absolute atomic E-state index is 0. The molecule has 3 aromatic rings. The fraction of sp³-hybridized carbons (Fsp3) is 0.417. The monoisotopic (exact) mass is 605 g/mol. The molecule has 1 saturated heterocycles. The van der Waals surface area contributed by atoms with Crippen molar-refractivity contribution in [3.05, 3.63) is 52.7 Å². The SMILES string of the molecule is Cl.Cn1c(-c2cn([C@@H]3CC3(F)F)nc2C(F)(F)F)cnc1C(=O)Nc1ccc(C(=O)N[C@@H]2[C@@H]3CNC[C@@H]32)c(Cl)c1. The second-order valence-electron chi connectivity index (χ2n) is 10.0. The lowest BCUT2D eigenvalue weighted by Crippen LogP contribution is -2.32. The third-order valence-electron chi connectivity index (χ3n) is 7.44. The highest BCUT2D eigenvalue weighted by Gasteiger charge is 2.59. The molecule has 0 unspecified atom stereocenters. The minimum atomic E-state index is -4.92. The highest BCUT2D eigenvalue weighted by atomic mass is 35.5. The van der Waals surface area contributed by atoms with Crippen molar-refractivity contribution in [1.82, 2.24) is 30.0 Å². The van der Waals surface area contributed by atoms with Crippen molar-refractivity contribution in [1.29, 1.82) is 0 Å². The second kappa shape index (κ2) is 9.70. The quantitative estimate of drug-likeness (QED) is 0.366. The van der Waals surface area contributed by atoms with E-state index < -0.39 is 41.7 Å². The molecule has 16 heteroatoms. The van der Waals surface area contributed by atoms with Gasteiger partial charge in [-0.05, 0) is 30.0 Å². The first-order valence-electron chi connectivity index (χ1n) is 12.0. The molecule has 9 nitrogen and oxygen atoms in total. The lowest BCUT2D eigenvalue weighted by molar-refractivity contribution is -0.141. The van der Waals surface area contributed by atoms with Gasteiger partial charge in [0.1, 0.15) is 6.04 Å². The number of imidazole rings is 1. The zero-order valence-corrected chi connectivity index (χ0v) is 22.2. The molecule has 3 fully saturated rings. The Balaban J connectivity index is 0.00000323. The summed E-state index contributed by atoms with van der Waals surface area (Å²) in [5.74, 6) is -3.61. The van der Waals surface area contributed by atoms with Gasteiger partial charge in [0.05, 0.1) is 28.0 Å². The normalized spacial score (nSPS) is 24.2. The van der Waals surface area contributed by atoms with Gasteiger partial charge in [0.25, 0.3) is 17.7 Å². The van der Waals surface area contributed by atoms with Crippen molar-refractivity contribution in [3.8, 4) is 11.3 Å².